The molecule has 3 amide bonds. The van der Waals surface area contributed by atoms with Gasteiger partial charge in [0.1, 0.15) is 24.0 Å². The van der Waals surface area contributed by atoms with E-state index < -0.39 is 35.1 Å². The molecule has 1 aromatic rings. The van der Waals surface area contributed by atoms with Gasteiger partial charge in [0, 0.05) is 11.1 Å². The van der Waals surface area contributed by atoms with Crippen LogP contribution in [0.15, 0.2) is 24.3 Å². The number of aliphatic hydroxyl groups is 1. The number of rotatable bonds is 1. The number of nitrogens with two attached hydrogens (primary N) is 1. The molecule has 7 nitrogen and oxygen atoms in total. The molecular formula is C19H24N3O4+. The summed E-state index contributed by atoms with van der Waals surface area (Å²) in [4.78, 5) is 40.9. The molecule has 1 aromatic carbocycles. The molecule has 0 saturated carbocycles. The van der Waals surface area contributed by atoms with Crippen LogP contribution in [0.1, 0.15) is 33.3 Å². The zero-order valence-corrected chi connectivity index (χ0v) is 15.3. The normalized spacial score (nSPS) is 34.3. The largest absolute Gasteiger partial charge is 0.387 e. The molecule has 4 rings (SSSR count). The number of imide groups is 1. The molecular weight excluding hydrogens is 334 g/mol. The van der Waals surface area contributed by atoms with Gasteiger partial charge in [-0.3, -0.25) is 19.3 Å². The zero-order chi connectivity index (χ0) is 19.0. The van der Waals surface area contributed by atoms with Gasteiger partial charge in [0.05, 0.1) is 5.69 Å². The number of carbonyl (C=O) groups is 3. The predicted molar refractivity (Wildman–Crippen MR) is 92.7 cm³/mol. The first kappa shape index (κ1) is 17.2. The molecule has 0 radical (unpaired) electrons. The lowest BCUT2D eigenvalue weighted by Crippen LogP contribution is -3.00. The smallest absolute Gasteiger partial charge is 0.291 e. The number of hydrogen-bond donors (Lipinski definition) is 3. The highest BCUT2D eigenvalue weighted by Crippen LogP contribution is 2.50. The van der Waals surface area contributed by atoms with Gasteiger partial charge in [0.2, 0.25) is 17.4 Å². The van der Waals surface area contributed by atoms with Crippen molar-refractivity contribution in [1.29, 1.82) is 0 Å². The number of nitrogens with zero attached hydrogens (tertiary/aromatic N) is 1. The lowest BCUT2D eigenvalue weighted by Gasteiger charge is -2.33. The minimum atomic E-state index is -1.21. The summed E-state index contributed by atoms with van der Waals surface area (Å²) >= 11 is 0. The minimum absolute atomic E-state index is 0.297. The Labute approximate surface area is 151 Å². The Morgan fingerprint density at radius 1 is 1.19 bits per heavy atom. The summed E-state index contributed by atoms with van der Waals surface area (Å²) in [5.41, 5.74) is -0.527. The molecule has 0 unspecified atom stereocenters. The number of quaternary nitrogens is 1. The topological polar surface area (TPSA) is 103 Å². The van der Waals surface area contributed by atoms with Gasteiger partial charge in [-0.2, -0.15) is 0 Å². The first-order chi connectivity index (χ1) is 12.1. The molecule has 138 valence electrons. The first-order valence-electron chi connectivity index (χ1n) is 8.93. The number of aliphatic hydroxyl groups excluding tert-OH is 1. The number of amides is 3. The SMILES string of the molecule is C[C@H](O)[C@H]1[NH2+][C@]2(C(=O)Nc3ccccc32)[C@@H]2C(=O)N(C(C)(C)C)C(=O)[C@H]12. The van der Waals surface area contributed by atoms with E-state index in [-0.39, 0.29) is 17.7 Å². The van der Waals surface area contributed by atoms with Crippen LogP contribution in [0.3, 0.4) is 0 Å². The highest BCUT2D eigenvalue weighted by atomic mass is 16.3. The molecule has 2 fully saturated rings. The van der Waals surface area contributed by atoms with E-state index in [2.05, 4.69) is 5.32 Å². The maximum Gasteiger partial charge on any atom is 0.291 e. The highest BCUT2D eigenvalue weighted by Gasteiger charge is 2.75. The minimum Gasteiger partial charge on any atom is -0.387 e. The van der Waals surface area contributed by atoms with E-state index in [1.54, 1.807) is 39.1 Å². The molecule has 2 saturated heterocycles. The zero-order valence-electron chi connectivity index (χ0n) is 15.3. The summed E-state index contributed by atoms with van der Waals surface area (Å²) in [7, 11) is 0. The Bertz CT molecular complexity index is 828. The van der Waals surface area contributed by atoms with E-state index in [0.717, 1.165) is 0 Å². The van der Waals surface area contributed by atoms with Gasteiger partial charge >= 0.3 is 0 Å². The van der Waals surface area contributed by atoms with Gasteiger partial charge in [-0.15, -0.1) is 0 Å². The molecule has 1 spiro atoms. The van der Waals surface area contributed by atoms with Gasteiger partial charge in [-0.1, -0.05) is 18.2 Å². The Hall–Kier alpha value is -2.25. The van der Waals surface area contributed by atoms with Crippen molar-refractivity contribution in [1.82, 2.24) is 4.90 Å². The molecule has 0 bridgehead atoms. The summed E-state index contributed by atoms with van der Waals surface area (Å²) in [5.74, 6) is -2.48. The van der Waals surface area contributed by atoms with Crippen molar-refractivity contribution in [3.05, 3.63) is 29.8 Å². The van der Waals surface area contributed by atoms with Crippen molar-refractivity contribution in [3.63, 3.8) is 0 Å². The number of para-hydroxylation sites is 1. The molecule has 5 atom stereocenters. The molecule has 0 aromatic heterocycles. The second kappa shape index (κ2) is 5.14. The van der Waals surface area contributed by atoms with Crippen LogP contribution in [0, 0.1) is 11.8 Å². The fourth-order valence-corrected chi connectivity index (χ4v) is 4.94. The van der Waals surface area contributed by atoms with E-state index in [0.29, 0.717) is 11.3 Å². The second-order valence-corrected chi connectivity index (χ2v) is 8.54. The monoisotopic (exact) mass is 358 g/mol. The third-order valence-electron chi connectivity index (χ3n) is 5.94. The molecule has 3 heterocycles. The summed E-state index contributed by atoms with van der Waals surface area (Å²) < 4.78 is 0. The van der Waals surface area contributed by atoms with Crippen molar-refractivity contribution in [2.24, 2.45) is 11.8 Å². The van der Waals surface area contributed by atoms with Gasteiger partial charge in [0.15, 0.2) is 0 Å². The summed E-state index contributed by atoms with van der Waals surface area (Å²) in [5, 5.41) is 14.9. The van der Waals surface area contributed by atoms with E-state index in [1.807, 2.05) is 18.2 Å². The fraction of sp³-hybridized carbons (Fsp3) is 0.526. The number of fused-ring (bicyclic) bond motifs is 4. The number of benzene rings is 1. The van der Waals surface area contributed by atoms with Gasteiger partial charge in [0.25, 0.3) is 5.91 Å². The lowest BCUT2D eigenvalue weighted by atomic mass is 9.76. The molecule has 4 N–H and O–H groups in total. The third-order valence-corrected chi connectivity index (χ3v) is 5.94. The Balaban J connectivity index is 1.93. The van der Waals surface area contributed by atoms with E-state index in [9.17, 15) is 19.5 Å². The quantitative estimate of drug-likeness (QED) is 0.592. The molecule has 3 aliphatic heterocycles. The molecule has 26 heavy (non-hydrogen) atoms. The molecule has 3 aliphatic rings. The number of nitrogens with one attached hydrogen (secondary N) is 1. The summed E-state index contributed by atoms with van der Waals surface area (Å²) in [6.07, 6.45) is -0.834. The number of anilines is 1. The van der Waals surface area contributed by atoms with Crippen LogP contribution in [0.5, 0.6) is 0 Å². The lowest BCUT2D eigenvalue weighted by molar-refractivity contribution is -0.738. The average molecular weight is 358 g/mol. The average Bonchev–Trinajstić information content (AvgIpc) is 3.12. The van der Waals surface area contributed by atoms with E-state index >= 15 is 0 Å². The number of carbonyl (C=O) groups excluding carboxylic acids is 3. The van der Waals surface area contributed by atoms with Crippen LogP contribution in [0.2, 0.25) is 0 Å². The summed E-state index contributed by atoms with van der Waals surface area (Å²) in [6, 6.07) is 6.70. The second-order valence-electron chi connectivity index (χ2n) is 8.54. The van der Waals surface area contributed by atoms with Crippen molar-refractivity contribution < 1.29 is 24.8 Å². The standard InChI is InChI=1S/C19H23N3O4/c1-9(23)14-12-13(16(25)22(15(12)24)18(2,3)4)19(21-14)10-7-5-6-8-11(10)20-17(19)26/h5-9,12-14,21,23H,1-4H3,(H,20,26)/p+1/t9-,12-,13-,14+,19-/m0/s1. The van der Waals surface area contributed by atoms with E-state index in [4.69, 9.17) is 0 Å². The van der Waals surface area contributed by atoms with Crippen LogP contribution in [0.4, 0.5) is 5.69 Å². The van der Waals surface area contributed by atoms with Crippen molar-refractivity contribution >= 4 is 23.4 Å². The van der Waals surface area contributed by atoms with Gasteiger partial charge in [-0.25, -0.2) is 0 Å². The van der Waals surface area contributed by atoms with Crippen molar-refractivity contribution in [3.8, 4) is 0 Å². The van der Waals surface area contributed by atoms with Crippen molar-refractivity contribution in [2.75, 3.05) is 5.32 Å². The first-order valence-corrected chi connectivity index (χ1v) is 8.93. The van der Waals surface area contributed by atoms with Gasteiger partial charge < -0.3 is 15.7 Å². The van der Waals surface area contributed by atoms with Crippen LogP contribution in [-0.4, -0.2) is 45.4 Å². The highest BCUT2D eigenvalue weighted by molar-refractivity contribution is 6.14. The van der Waals surface area contributed by atoms with Crippen LogP contribution in [-0.2, 0) is 19.9 Å². The Kier molecular flexibility index (Phi) is 3.40. The third kappa shape index (κ3) is 1.92. The van der Waals surface area contributed by atoms with Gasteiger partial charge in [-0.05, 0) is 33.8 Å². The van der Waals surface area contributed by atoms with Crippen LogP contribution in [0.25, 0.3) is 0 Å². The molecule has 0 aliphatic carbocycles. The maximum absolute atomic E-state index is 13.4. The fourth-order valence-electron chi connectivity index (χ4n) is 4.94. The Morgan fingerprint density at radius 2 is 1.85 bits per heavy atom. The van der Waals surface area contributed by atoms with Crippen molar-refractivity contribution in [2.45, 2.75) is 50.9 Å². The maximum atomic E-state index is 13.4. The predicted octanol–water partition coefficient (Wildman–Crippen LogP) is -0.440. The van der Waals surface area contributed by atoms with Crippen LogP contribution < -0.4 is 10.6 Å². The number of hydrogen-bond acceptors (Lipinski definition) is 4. The Morgan fingerprint density at radius 3 is 2.46 bits per heavy atom. The number of likely N-dealkylation sites (tertiary alicyclic amines) is 1. The summed E-state index contributed by atoms with van der Waals surface area (Å²) in [6.45, 7) is 7.02. The van der Waals surface area contributed by atoms with E-state index in [1.165, 1.54) is 4.90 Å². The van der Waals surface area contributed by atoms with Crippen LogP contribution >= 0.6 is 0 Å². The molecule has 7 heteroatoms.